The average molecular weight is 229 g/mol. The third-order valence-corrected chi connectivity index (χ3v) is 1.99. The normalized spacial score (nSPS) is 11.9. The van der Waals surface area contributed by atoms with Crippen LogP contribution >= 0.6 is 0 Å². The molecule has 6 heteroatoms. The van der Waals surface area contributed by atoms with E-state index in [1.807, 2.05) is 0 Å². The van der Waals surface area contributed by atoms with Gasteiger partial charge in [0.2, 0.25) is 0 Å². The molecule has 0 saturated heterocycles. The van der Waals surface area contributed by atoms with Crippen LogP contribution in [-0.2, 0) is 16.0 Å². The van der Waals surface area contributed by atoms with Gasteiger partial charge >= 0.3 is 5.97 Å². The van der Waals surface area contributed by atoms with E-state index in [0.29, 0.717) is 17.9 Å². The van der Waals surface area contributed by atoms with Crippen molar-refractivity contribution < 1.29 is 18.3 Å². The lowest BCUT2D eigenvalue weighted by atomic mass is 10.2. The van der Waals surface area contributed by atoms with Crippen LogP contribution in [0.4, 0.5) is 5.69 Å². The third-order valence-electron chi connectivity index (χ3n) is 1.58. The van der Waals surface area contributed by atoms with E-state index in [0.717, 1.165) is 0 Å². The minimum Gasteiger partial charge on any atom is -0.462 e. The lowest BCUT2D eigenvalue weighted by Crippen LogP contribution is -2.06. The van der Waals surface area contributed by atoms with Crippen LogP contribution < -0.4 is 4.72 Å². The van der Waals surface area contributed by atoms with Gasteiger partial charge in [0, 0.05) is 5.69 Å². The summed E-state index contributed by atoms with van der Waals surface area (Å²) in [4.78, 5) is 11.3. The Morgan fingerprint density at radius 1 is 1.60 bits per heavy atom. The Morgan fingerprint density at radius 2 is 2.33 bits per heavy atom. The van der Waals surface area contributed by atoms with Crippen molar-refractivity contribution in [2.45, 2.75) is 6.92 Å². The minimum atomic E-state index is -2.14. The van der Waals surface area contributed by atoms with Crippen LogP contribution in [0.15, 0.2) is 24.3 Å². The lowest BCUT2D eigenvalue weighted by molar-refractivity contribution is 0.0526. The van der Waals surface area contributed by atoms with Gasteiger partial charge in [-0.05, 0) is 25.1 Å². The molecular weight excluding hydrogens is 218 g/mol. The Morgan fingerprint density at radius 3 is 2.93 bits per heavy atom. The number of anilines is 1. The zero-order chi connectivity index (χ0) is 11.3. The summed E-state index contributed by atoms with van der Waals surface area (Å²) >= 11 is -2.14. The van der Waals surface area contributed by atoms with Gasteiger partial charge in [0.1, 0.15) is 0 Å². The summed E-state index contributed by atoms with van der Waals surface area (Å²) in [7, 11) is 0. The van der Waals surface area contributed by atoms with Crippen molar-refractivity contribution in [1.82, 2.24) is 0 Å². The minimum absolute atomic E-state index is 0.294. The maximum atomic E-state index is 11.3. The highest BCUT2D eigenvalue weighted by Crippen LogP contribution is 2.11. The zero-order valence-electron chi connectivity index (χ0n) is 8.10. The average Bonchev–Trinajstić information content (AvgIpc) is 2.17. The highest BCUT2D eigenvalue weighted by molar-refractivity contribution is 7.80. The molecule has 82 valence electrons. The molecule has 5 nitrogen and oxygen atoms in total. The maximum absolute atomic E-state index is 11.3. The summed E-state index contributed by atoms with van der Waals surface area (Å²) in [5.41, 5.74) is 0.730. The number of ether oxygens (including phenoxy) is 1. The first-order valence-corrected chi connectivity index (χ1v) is 5.39. The molecule has 0 radical (unpaired) electrons. The molecule has 0 heterocycles. The first kappa shape index (κ1) is 11.7. The lowest BCUT2D eigenvalue weighted by Gasteiger charge is -2.04. The monoisotopic (exact) mass is 229 g/mol. The number of hydrogen-bond donors (Lipinski definition) is 2. The van der Waals surface area contributed by atoms with Gasteiger partial charge in [-0.15, -0.1) is 0 Å². The summed E-state index contributed by atoms with van der Waals surface area (Å²) in [5.74, 6) is -0.454. The van der Waals surface area contributed by atoms with Crippen LogP contribution in [0.5, 0.6) is 0 Å². The molecule has 0 saturated carbocycles. The predicted octanol–water partition coefficient (Wildman–Crippen LogP) is 1.41. The Bertz CT molecular complexity index is 380. The summed E-state index contributed by atoms with van der Waals surface area (Å²) in [6.07, 6.45) is 0. The van der Waals surface area contributed by atoms with E-state index in [2.05, 4.69) is 4.72 Å². The molecule has 2 N–H and O–H groups in total. The summed E-state index contributed by atoms with van der Waals surface area (Å²) < 4.78 is 26.1. The molecule has 1 atom stereocenters. The first-order chi connectivity index (χ1) is 7.13. The number of nitrogens with one attached hydrogen (secondary N) is 1. The molecule has 1 rings (SSSR count). The highest BCUT2D eigenvalue weighted by atomic mass is 32.2. The second kappa shape index (κ2) is 5.47. The van der Waals surface area contributed by atoms with Gasteiger partial charge in [0.05, 0.1) is 12.2 Å². The smallest absolute Gasteiger partial charge is 0.338 e. The molecule has 0 aliphatic rings. The van der Waals surface area contributed by atoms with Crippen molar-refractivity contribution >= 4 is 22.9 Å². The van der Waals surface area contributed by atoms with Crippen LogP contribution in [-0.4, -0.2) is 21.3 Å². The van der Waals surface area contributed by atoms with E-state index < -0.39 is 17.2 Å². The molecule has 0 fully saturated rings. The number of benzene rings is 1. The quantitative estimate of drug-likeness (QED) is 0.604. The number of esters is 1. The molecule has 0 bridgehead atoms. The largest absolute Gasteiger partial charge is 0.462 e. The van der Waals surface area contributed by atoms with Gasteiger partial charge in [-0.2, -0.15) is 0 Å². The van der Waals surface area contributed by atoms with Crippen molar-refractivity contribution in [3.05, 3.63) is 29.8 Å². The first-order valence-electron chi connectivity index (χ1n) is 4.28. The zero-order valence-corrected chi connectivity index (χ0v) is 8.91. The SMILES string of the molecule is CCOC(=O)c1cccc(NS(=O)O)c1. The molecule has 15 heavy (non-hydrogen) atoms. The summed E-state index contributed by atoms with van der Waals surface area (Å²) in [6, 6.07) is 6.20. The van der Waals surface area contributed by atoms with Gasteiger partial charge in [-0.3, -0.25) is 9.27 Å². The molecule has 0 amide bonds. The molecule has 0 aliphatic heterocycles. The number of carbonyl (C=O) groups excluding carboxylic acids is 1. The highest BCUT2D eigenvalue weighted by Gasteiger charge is 2.06. The second-order valence-corrected chi connectivity index (χ2v) is 3.35. The van der Waals surface area contributed by atoms with Gasteiger partial charge in [-0.1, -0.05) is 6.07 Å². The number of rotatable bonds is 4. The molecule has 0 spiro atoms. The Kier molecular flexibility index (Phi) is 4.26. The fourth-order valence-electron chi connectivity index (χ4n) is 1.02. The fourth-order valence-corrected chi connectivity index (χ4v) is 1.35. The van der Waals surface area contributed by atoms with E-state index in [4.69, 9.17) is 9.29 Å². The van der Waals surface area contributed by atoms with E-state index in [1.165, 1.54) is 6.07 Å². The van der Waals surface area contributed by atoms with Crippen molar-refractivity contribution in [3.8, 4) is 0 Å². The molecule has 0 aromatic heterocycles. The van der Waals surface area contributed by atoms with Crippen LogP contribution in [0.2, 0.25) is 0 Å². The molecule has 1 aromatic rings. The van der Waals surface area contributed by atoms with Crippen molar-refractivity contribution in [3.63, 3.8) is 0 Å². The van der Waals surface area contributed by atoms with Crippen molar-refractivity contribution in [2.75, 3.05) is 11.3 Å². The number of hydrogen-bond acceptors (Lipinski definition) is 3. The van der Waals surface area contributed by atoms with Crippen molar-refractivity contribution in [2.24, 2.45) is 0 Å². The van der Waals surface area contributed by atoms with Crippen LogP contribution in [0, 0.1) is 0 Å². The van der Waals surface area contributed by atoms with Crippen LogP contribution in [0.3, 0.4) is 0 Å². The van der Waals surface area contributed by atoms with E-state index in [9.17, 15) is 9.00 Å². The van der Waals surface area contributed by atoms with E-state index >= 15 is 0 Å². The molecule has 1 aromatic carbocycles. The molecule has 1 unspecified atom stereocenters. The summed E-state index contributed by atoms with van der Waals surface area (Å²) in [6.45, 7) is 2.01. The topological polar surface area (TPSA) is 75.6 Å². The van der Waals surface area contributed by atoms with E-state index in [-0.39, 0.29) is 0 Å². The van der Waals surface area contributed by atoms with Gasteiger partial charge < -0.3 is 4.74 Å². The maximum Gasteiger partial charge on any atom is 0.338 e. The summed E-state index contributed by atoms with van der Waals surface area (Å²) in [5, 5.41) is 0. The Balaban J connectivity index is 2.82. The van der Waals surface area contributed by atoms with Gasteiger partial charge in [0.15, 0.2) is 0 Å². The molecular formula is C9H11NO4S. The molecule has 0 aliphatic carbocycles. The van der Waals surface area contributed by atoms with Gasteiger partial charge in [-0.25, -0.2) is 9.00 Å². The third kappa shape index (κ3) is 3.69. The fraction of sp³-hybridized carbons (Fsp3) is 0.222. The van der Waals surface area contributed by atoms with E-state index in [1.54, 1.807) is 25.1 Å². The number of carbonyl (C=O) groups is 1. The Hall–Kier alpha value is -1.40. The van der Waals surface area contributed by atoms with Crippen LogP contribution in [0.1, 0.15) is 17.3 Å². The standard InChI is InChI=1S/C9H11NO4S/c1-2-14-9(11)7-4-3-5-8(6-7)10-15(12)13/h3-6,10H,2H2,1H3,(H,12,13). The predicted molar refractivity (Wildman–Crippen MR) is 56.8 cm³/mol. The Labute approximate surface area is 89.9 Å². The van der Waals surface area contributed by atoms with Crippen LogP contribution in [0.25, 0.3) is 0 Å². The van der Waals surface area contributed by atoms with Gasteiger partial charge in [0.25, 0.3) is 11.3 Å². The van der Waals surface area contributed by atoms with Crippen molar-refractivity contribution in [1.29, 1.82) is 0 Å². The second-order valence-electron chi connectivity index (χ2n) is 2.65.